The fourth-order valence-electron chi connectivity index (χ4n) is 1.40. The molecule has 15 heavy (non-hydrogen) atoms. The van der Waals surface area contributed by atoms with Gasteiger partial charge < -0.3 is 9.84 Å². The van der Waals surface area contributed by atoms with Gasteiger partial charge in [0.15, 0.2) is 5.69 Å². The molecule has 5 heteroatoms. The van der Waals surface area contributed by atoms with Gasteiger partial charge in [0.25, 0.3) is 0 Å². The van der Waals surface area contributed by atoms with E-state index < -0.39 is 5.97 Å². The van der Waals surface area contributed by atoms with Crippen molar-refractivity contribution in [3.63, 3.8) is 0 Å². The van der Waals surface area contributed by atoms with Crippen LogP contribution in [0.5, 0.6) is 0 Å². The summed E-state index contributed by atoms with van der Waals surface area (Å²) in [7, 11) is 0. The zero-order valence-electron chi connectivity index (χ0n) is 7.96. The Kier molecular flexibility index (Phi) is 2.62. The predicted octanol–water partition coefficient (Wildman–Crippen LogP) is 1.19. The zero-order chi connectivity index (χ0) is 10.7. The van der Waals surface area contributed by atoms with E-state index in [0.29, 0.717) is 12.4 Å². The topological polar surface area (TPSA) is 72.3 Å². The van der Waals surface area contributed by atoms with E-state index in [1.807, 2.05) is 6.08 Å². The van der Waals surface area contributed by atoms with Crippen molar-refractivity contribution in [3.05, 3.63) is 36.1 Å². The molecular weight excluding hydrogens is 196 g/mol. The van der Waals surface area contributed by atoms with Gasteiger partial charge in [0, 0.05) is 12.1 Å². The van der Waals surface area contributed by atoms with Crippen molar-refractivity contribution in [1.82, 2.24) is 9.97 Å². The molecule has 5 nitrogen and oxygen atoms in total. The number of carbonyl (C=O) groups is 1. The summed E-state index contributed by atoms with van der Waals surface area (Å²) in [4.78, 5) is 18.7. The second-order valence-corrected chi connectivity index (χ2v) is 3.20. The van der Waals surface area contributed by atoms with E-state index in [1.165, 1.54) is 12.3 Å². The largest absolute Gasteiger partial charge is 0.501 e. The summed E-state index contributed by atoms with van der Waals surface area (Å²) in [6, 6.07) is 1.38. The van der Waals surface area contributed by atoms with Gasteiger partial charge in [0.05, 0.1) is 12.9 Å². The minimum Gasteiger partial charge on any atom is -0.501 e. The fourth-order valence-corrected chi connectivity index (χ4v) is 1.40. The number of aromatic nitrogens is 2. The number of hydrogen-bond acceptors (Lipinski definition) is 4. The van der Waals surface area contributed by atoms with Crippen LogP contribution in [0.4, 0.5) is 0 Å². The van der Waals surface area contributed by atoms with Crippen LogP contribution in [0.15, 0.2) is 24.6 Å². The first-order valence-electron chi connectivity index (χ1n) is 4.62. The SMILES string of the molecule is O=C(O)c1ccnc(C2C=COCC2)n1. The molecule has 0 aliphatic carbocycles. The Balaban J connectivity index is 2.27. The lowest BCUT2D eigenvalue weighted by Crippen LogP contribution is -2.11. The number of carboxylic acids is 1. The monoisotopic (exact) mass is 206 g/mol. The van der Waals surface area contributed by atoms with Crippen LogP contribution in [0.2, 0.25) is 0 Å². The molecule has 0 aromatic carbocycles. The van der Waals surface area contributed by atoms with Crippen molar-refractivity contribution < 1.29 is 14.6 Å². The molecule has 0 saturated heterocycles. The van der Waals surface area contributed by atoms with E-state index in [9.17, 15) is 4.79 Å². The van der Waals surface area contributed by atoms with Crippen molar-refractivity contribution in [3.8, 4) is 0 Å². The number of nitrogens with zero attached hydrogens (tertiary/aromatic N) is 2. The van der Waals surface area contributed by atoms with Crippen LogP contribution in [0.3, 0.4) is 0 Å². The van der Waals surface area contributed by atoms with Gasteiger partial charge in [-0.15, -0.1) is 0 Å². The molecule has 1 N–H and O–H groups in total. The maximum atomic E-state index is 10.7. The molecule has 2 heterocycles. The maximum Gasteiger partial charge on any atom is 0.354 e. The average molecular weight is 206 g/mol. The van der Waals surface area contributed by atoms with Gasteiger partial charge >= 0.3 is 5.97 Å². The van der Waals surface area contributed by atoms with Gasteiger partial charge in [-0.05, 0) is 18.6 Å². The van der Waals surface area contributed by atoms with E-state index in [4.69, 9.17) is 9.84 Å². The molecule has 1 atom stereocenters. The lowest BCUT2D eigenvalue weighted by molar-refractivity contribution is 0.0689. The second-order valence-electron chi connectivity index (χ2n) is 3.20. The standard InChI is InChI=1S/C10H10N2O3/c13-10(14)8-1-4-11-9(12-8)7-2-5-15-6-3-7/h1-2,4-5,7H,3,6H2,(H,13,14). The fraction of sp³-hybridized carbons (Fsp3) is 0.300. The minimum atomic E-state index is -1.03. The quantitative estimate of drug-likeness (QED) is 0.786. The van der Waals surface area contributed by atoms with Crippen molar-refractivity contribution in [2.75, 3.05) is 6.61 Å². The molecule has 1 aromatic heterocycles. The Morgan fingerprint density at radius 2 is 2.47 bits per heavy atom. The average Bonchev–Trinajstić information content (AvgIpc) is 2.30. The summed E-state index contributed by atoms with van der Waals surface area (Å²) in [5, 5.41) is 8.77. The maximum absolute atomic E-state index is 10.7. The van der Waals surface area contributed by atoms with Crippen molar-refractivity contribution in [2.24, 2.45) is 0 Å². The summed E-state index contributed by atoms with van der Waals surface area (Å²) < 4.78 is 5.05. The number of allylic oxidation sites excluding steroid dienone is 1. The van der Waals surface area contributed by atoms with Gasteiger partial charge in [-0.1, -0.05) is 0 Å². The summed E-state index contributed by atoms with van der Waals surface area (Å²) in [6.45, 7) is 0.613. The Bertz CT molecular complexity index is 403. The normalized spacial score (nSPS) is 19.6. The van der Waals surface area contributed by atoms with Gasteiger partial charge in [-0.25, -0.2) is 14.8 Å². The Morgan fingerprint density at radius 3 is 3.13 bits per heavy atom. The van der Waals surface area contributed by atoms with Crippen LogP contribution >= 0.6 is 0 Å². The molecule has 0 bridgehead atoms. The summed E-state index contributed by atoms with van der Waals surface area (Å²) in [5.74, 6) is -0.442. The lowest BCUT2D eigenvalue weighted by atomic mass is 10.0. The smallest absolute Gasteiger partial charge is 0.354 e. The van der Waals surface area contributed by atoms with Gasteiger partial charge in [-0.3, -0.25) is 0 Å². The molecule has 0 amide bonds. The minimum absolute atomic E-state index is 0.0277. The molecule has 78 valence electrons. The van der Waals surface area contributed by atoms with E-state index in [1.54, 1.807) is 6.26 Å². The van der Waals surface area contributed by atoms with Crippen LogP contribution in [0.1, 0.15) is 28.7 Å². The van der Waals surface area contributed by atoms with E-state index in [0.717, 1.165) is 6.42 Å². The molecular formula is C10H10N2O3. The number of carboxylic acid groups (broad SMARTS) is 1. The highest BCUT2D eigenvalue weighted by Crippen LogP contribution is 2.20. The molecule has 1 aliphatic rings. The molecule has 0 fully saturated rings. The summed E-state index contributed by atoms with van der Waals surface area (Å²) >= 11 is 0. The van der Waals surface area contributed by atoms with E-state index in [-0.39, 0.29) is 11.6 Å². The highest BCUT2D eigenvalue weighted by Gasteiger charge is 2.16. The van der Waals surface area contributed by atoms with Crippen LogP contribution in [-0.4, -0.2) is 27.7 Å². The van der Waals surface area contributed by atoms with Gasteiger partial charge in [0.2, 0.25) is 0 Å². The Labute approximate surface area is 86.4 Å². The highest BCUT2D eigenvalue weighted by atomic mass is 16.5. The van der Waals surface area contributed by atoms with Crippen LogP contribution in [-0.2, 0) is 4.74 Å². The Morgan fingerprint density at radius 1 is 1.60 bits per heavy atom. The zero-order valence-corrected chi connectivity index (χ0v) is 7.96. The molecule has 2 rings (SSSR count). The lowest BCUT2D eigenvalue weighted by Gasteiger charge is -2.15. The van der Waals surface area contributed by atoms with Gasteiger partial charge in [0.1, 0.15) is 5.82 Å². The molecule has 1 aromatic rings. The first kappa shape index (κ1) is 9.64. The number of aromatic carboxylic acids is 1. The second kappa shape index (κ2) is 4.08. The first-order valence-corrected chi connectivity index (χ1v) is 4.62. The third-order valence-electron chi connectivity index (χ3n) is 2.18. The molecule has 0 radical (unpaired) electrons. The van der Waals surface area contributed by atoms with E-state index >= 15 is 0 Å². The third kappa shape index (κ3) is 2.12. The van der Waals surface area contributed by atoms with Crippen LogP contribution < -0.4 is 0 Å². The van der Waals surface area contributed by atoms with Crippen LogP contribution in [0, 0.1) is 0 Å². The number of ether oxygens (including phenoxy) is 1. The highest BCUT2D eigenvalue weighted by molar-refractivity contribution is 5.85. The predicted molar refractivity (Wildman–Crippen MR) is 51.4 cm³/mol. The van der Waals surface area contributed by atoms with Crippen molar-refractivity contribution in [2.45, 2.75) is 12.3 Å². The van der Waals surface area contributed by atoms with E-state index in [2.05, 4.69) is 9.97 Å². The third-order valence-corrected chi connectivity index (χ3v) is 2.18. The molecule has 1 unspecified atom stereocenters. The molecule has 1 aliphatic heterocycles. The summed E-state index contributed by atoms with van der Waals surface area (Å²) in [6.07, 6.45) is 5.68. The first-order chi connectivity index (χ1) is 7.27. The Hall–Kier alpha value is -1.91. The van der Waals surface area contributed by atoms with Crippen LogP contribution in [0.25, 0.3) is 0 Å². The molecule has 0 spiro atoms. The van der Waals surface area contributed by atoms with Crippen molar-refractivity contribution in [1.29, 1.82) is 0 Å². The van der Waals surface area contributed by atoms with Gasteiger partial charge in [-0.2, -0.15) is 0 Å². The number of hydrogen-bond donors (Lipinski definition) is 1. The summed E-state index contributed by atoms with van der Waals surface area (Å²) in [5.41, 5.74) is 0.0277. The van der Waals surface area contributed by atoms with Crippen molar-refractivity contribution >= 4 is 5.97 Å². The molecule has 0 saturated carbocycles. The number of rotatable bonds is 2.